The quantitative estimate of drug-likeness (QED) is 0.363. The molecule has 0 aromatic carbocycles. The summed E-state index contributed by atoms with van der Waals surface area (Å²) < 4.78 is 0. The molecule has 0 spiro atoms. The van der Waals surface area contributed by atoms with Gasteiger partial charge in [-0.05, 0) is 14.1 Å². The summed E-state index contributed by atoms with van der Waals surface area (Å²) in [4.78, 5) is 0. The van der Waals surface area contributed by atoms with Crippen molar-refractivity contribution in [1.82, 2.24) is 15.8 Å². The second-order valence-corrected chi connectivity index (χ2v) is 1.43. The standard InChI is InChI=1S/C4H13N3/c1-5-4-7(3)6-2/h5-6H,4H2,1-3H3. The van der Waals surface area contributed by atoms with Crippen LogP contribution in [-0.4, -0.2) is 32.8 Å². The van der Waals surface area contributed by atoms with E-state index in [1.807, 2.05) is 26.2 Å². The highest BCUT2D eigenvalue weighted by Gasteiger charge is 1.84. The van der Waals surface area contributed by atoms with Crippen LogP contribution in [-0.2, 0) is 0 Å². The lowest BCUT2D eigenvalue weighted by molar-refractivity contribution is 0.247. The molecule has 0 fully saturated rings. The van der Waals surface area contributed by atoms with E-state index in [1.165, 1.54) is 0 Å². The second-order valence-electron chi connectivity index (χ2n) is 1.43. The van der Waals surface area contributed by atoms with Crippen molar-refractivity contribution >= 4 is 0 Å². The number of hydrazine groups is 1. The lowest BCUT2D eigenvalue weighted by atomic mass is 10.9. The molecule has 0 rings (SSSR count). The Morgan fingerprint density at radius 2 is 2.00 bits per heavy atom. The van der Waals surface area contributed by atoms with Gasteiger partial charge in [0.05, 0.1) is 6.67 Å². The van der Waals surface area contributed by atoms with Crippen LogP contribution in [0.2, 0.25) is 0 Å². The average molecular weight is 103 g/mol. The molecule has 7 heavy (non-hydrogen) atoms. The molecule has 0 heterocycles. The zero-order valence-electron chi connectivity index (χ0n) is 5.15. The van der Waals surface area contributed by atoms with E-state index in [0.29, 0.717) is 0 Å². The van der Waals surface area contributed by atoms with Crippen LogP contribution in [0.3, 0.4) is 0 Å². The summed E-state index contributed by atoms with van der Waals surface area (Å²) in [5.41, 5.74) is 2.94. The minimum Gasteiger partial charge on any atom is -0.306 e. The van der Waals surface area contributed by atoms with Crippen LogP contribution < -0.4 is 10.7 Å². The van der Waals surface area contributed by atoms with E-state index >= 15 is 0 Å². The Hall–Kier alpha value is -0.120. The van der Waals surface area contributed by atoms with Crippen LogP contribution >= 0.6 is 0 Å². The molecule has 0 unspecified atom stereocenters. The molecule has 0 amide bonds. The van der Waals surface area contributed by atoms with Crippen molar-refractivity contribution in [1.29, 1.82) is 0 Å². The minimum atomic E-state index is 0.872. The van der Waals surface area contributed by atoms with E-state index in [4.69, 9.17) is 0 Å². The normalized spacial score (nSPS) is 10.3. The maximum absolute atomic E-state index is 2.98. The Kier molecular flexibility index (Phi) is 3.98. The molecular weight excluding hydrogens is 90.1 g/mol. The van der Waals surface area contributed by atoms with Gasteiger partial charge in [-0.2, -0.15) is 0 Å². The van der Waals surface area contributed by atoms with Crippen LogP contribution in [0.1, 0.15) is 0 Å². The zero-order chi connectivity index (χ0) is 5.70. The van der Waals surface area contributed by atoms with Gasteiger partial charge in [0.1, 0.15) is 0 Å². The van der Waals surface area contributed by atoms with Gasteiger partial charge in [-0.1, -0.05) is 0 Å². The third-order valence-electron chi connectivity index (χ3n) is 0.777. The minimum absolute atomic E-state index is 0.872. The summed E-state index contributed by atoms with van der Waals surface area (Å²) in [5.74, 6) is 0. The van der Waals surface area contributed by atoms with E-state index < -0.39 is 0 Å². The first kappa shape index (κ1) is 6.88. The number of rotatable bonds is 3. The van der Waals surface area contributed by atoms with Crippen LogP contribution in [0.25, 0.3) is 0 Å². The molecule has 0 aromatic heterocycles. The Balaban J connectivity index is 2.83. The van der Waals surface area contributed by atoms with Crippen molar-refractivity contribution in [2.75, 3.05) is 27.8 Å². The van der Waals surface area contributed by atoms with Crippen molar-refractivity contribution in [2.45, 2.75) is 0 Å². The predicted molar refractivity (Wildman–Crippen MR) is 30.7 cm³/mol. The maximum Gasteiger partial charge on any atom is 0.0615 e. The van der Waals surface area contributed by atoms with Gasteiger partial charge in [0.2, 0.25) is 0 Å². The molecule has 0 aliphatic rings. The topological polar surface area (TPSA) is 27.3 Å². The van der Waals surface area contributed by atoms with Crippen molar-refractivity contribution in [3.05, 3.63) is 0 Å². The molecule has 0 aliphatic carbocycles. The van der Waals surface area contributed by atoms with Crippen LogP contribution in [0.5, 0.6) is 0 Å². The fourth-order valence-electron chi connectivity index (χ4n) is 0.316. The average Bonchev–Trinajstić information content (AvgIpc) is 1.68. The molecule has 2 N–H and O–H groups in total. The first-order valence-corrected chi connectivity index (χ1v) is 2.34. The Labute approximate surface area is 44.7 Å². The van der Waals surface area contributed by atoms with Gasteiger partial charge in [0, 0.05) is 7.05 Å². The van der Waals surface area contributed by atoms with E-state index in [-0.39, 0.29) is 0 Å². The Morgan fingerprint density at radius 1 is 1.43 bits per heavy atom. The SMILES string of the molecule is CNCN(C)NC. The molecule has 0 atom stereocenters. The van der Waals surface area contributed by atoms with Crippen molar-refractivity contribution in [3.63, 3.8) is 0 Å². The first-order valence-electron chi connectivity index (χ1n) is 2.34. The number of nitrogens with zero attached hydrogens (tertiary/aromatic N) is 1. The highest BCUT2D eigenvalue weighted by Crippen LogP contribution is 1.61. The van der Waals surface area contributed by atoms with Crippen LogP contribution in [0.15, 0.2) is 0 Å². The van der Waals surface area contributed by atoms with Crippen molar-refractivity contribution < 1.29 is 0 Å². The molecule has 0 radical (unpaired) electrons. The third kappa shape index (κ3) is 3.72. The van der Waals surface area contributed by atoms with Gasteiger partial charge < -0.3 is 5.32 Å². The predicted octanol–water partition coefficient (Wildman–Crippen LogP) is -0.770. The molecule has 0 saturated carbocycles. The third-order valence-corrected chi connectivity index (χ3v) is 0.777. The van der Waals surface area contributed by atoms with Gasteiger partial charge in [-0.3, -0.25) is 5.43 Å². The summed E-state index contributed by atoms with van der Waals surface area (Å²) >= 11 is 0. The number of hydrogen-bond donors (Lipinski definition) is 2. The molecule has 0 bridgehead atoms. The highest BCUT2D eigenvalue weighted by molar-refractivity contribution is 4.31. The molecule has 44 valence electrons. The van der Waals surface area contributed by atoms with E-state index in [0.717, 1.165) is 6.67 Å². The van der Waals surface area contributed by atoms with Gasteiger partial charge in [0.25, 0.3) is 0 Å². The highest BCUT2D eigenvalue weighted by atomic mass is 15.5. The fraction of sp³-hybridized carbons (Fsp3) is 1.00. The molecule has 0 saturated heterocycles. The lowest BCUT2D eigenvalue weighted by Crippen LogP contribution is -2.37. The lowest BCUT2D eigenvalue weighted by Gasteiger charge is -2.12. The van der Waals surface area contributed by atoms with Gasteiger partial charge in [0.15, 0.2) is 0 Å². The van der Waals surface area contributed by atoms with E-state index in [2.05, 4.69) is 10.7 Å². The second kappa shape index (κ2) is 4.05. The molecule has 0 aliphatic heterocycles. The molecule has 3 nitrogen and oxygen atoms in total. The fourth-order valence-corrected chi connectivity index (χ4v) is 0.316. The van der Waals surface area contributed by atoms with Crippen LogP contribution in [0.4, 0.5) is 0 Å². The van der Waals surface area contributed by atoms with Gasteiger partial charge >= 0.3 is 0 Å². The zero-order valence-corrected chi connectivity index (χ0v) is 5.15. The van der Waals surface area contributed by atoms with E-state index in [9.17, 15) is 0 Å². The number of hydrogen-bond acceptors (Lipinski definition) is 3. The van der Waals surface area contributed by atoms with Gasteiger partial charge in [-0.25, -0.2) is 5.01 Å². The van der Waals surface area contributed by atoms with Crippen molar-refractivity contribution in [3.8, 4) is 0 Å². The molecule has 3 heteroatoms. The number of nitrogens with one attached hydrogen (secondary N) is 2. The summed E-state index contributed by atoms with van der Waals surface area (Å²) in [6, 6.07) is 0. The summed E-state index contributed by atoms with van der Waals surface area (Å²) in [6.45, 7) is 0.872. The van der Waals surface area contributed by atoms with E-state index in [1.54, 1.807) is 0 Å². The van der Waals surface area contributed by atoms with Crippen molar-refractivity contribution in [2.24, 2.45) is 0 Å². The molecule has 0 aromatic rings. The monoisotopic (exact) mass is 103 g/mol. The smallest absolute Gasteiger partial charge is 0.0615 e. The molecular formula is C4H13N3. The van der Waals surface area contributed by atoms with Crippen LogP contribution in [0, 0.1) is 0 Å². The summed E-state index contributed by atoms with van der Waals surface area (Å²) in [5, 5.41) is 4.93. The Morgan fingerprint density at radius 3 is 2.14 bits per heavy atom. The maximum atomic E-state index is 2.98. The summed E-state index contributed by atoms with van der Waals surface area (Å²) in [6.07, 6.45) is 0. The van der Waals surface area contributed by atoms with Gasteiger partial charge in [-0.15, -0.1) is 0 Å². The summed E-state index contributed by atoms with van der Waals surface area (Å²) in [7, 11) is 5.77. The largest absolute Gasteiger partial charge is 0.306 e. The first-order chi connectivity index (χ1) is 3.31. The Bertz CT molecular complexity index is 37.9.